The zero-order valence-corrected chi connectivity index (χ0v) is 9.97. The highest BCUT2D eigenvalue weighted by atomic mass is 127. The van der Waals surface area contributed by atoms with Crippen LogP contribution in [0.2, 0.25) is 0 Å². The van der Waals surface area contributed by atoms with Crippen LogP contribution in [0.5, 0.6) is 0 Å². The third kappa shape index (κ3) is 1.77. The van der Waals surface area contributed by atoms with Gasteiger partial charge in [-0.3, -0.25) is 4.79 Å². The highest BCUT2D eigenvalue weighted by Crippen LogP contribution is 2.41. The second-order valence-corrected chi connectivity index (χ2v) is 5.17. The second-order valence-electron chi connectivity index (χ2n) is 4.41. The molecule has 3 fully saturated rings. The summed E-state index contributed by atoms with van der Waals surface area (Å²) in [4.78, 5) is 11.8. The van der Waals surface area contributed by atoms with E-state index in [2.05, 4.69) is 27.9 Å². The summed E-state index contributed by atoms with van der Waals surface area (Å²) in [6, 6.07) is 0. The lowest BCUT2D eigenvalue weighted by Gasteiger charge is -2.34. The van der Waals surface area contributed by atoms with Crippen LogP contribution in [0.3, 0.4) is 0 Å². The number of Topliss-reactive ketones (excluding diaryl/α,β-unsaturated/α-hetero) is 1. The summed E-state index contributed by atoms with van der Waals surface area (Å²) < 4.78 is 0.685. The van der Waals surface area contributed by atoms with Crippen LogP contribution in [0.15, 0.2) is 0 Å². The number of carbonyl (C=O) groups is 1. The Hall–Kier alpha value is 0.360. The summed E-state index contributed by atoms with van der Waals surface area (Å²) in [5.41, 5.74) is 0.0220. The maximum absolute atomic E-state index is 11.8. The van der Waals surface area contributed by atoms with E-state index in [1.165, 1.54) is 12.8 Å². The Kier molecular flexibility index (Phi) is 2.93. The van der Waals surface area contributed by atoms with E-state index >= 15 is 0 Å². The molecule has 0 unspecified atom stereocenters. The van der Waals surface area contributed by atoms with Gasteiger partial charge in [-0.15, -0.1) is 0 Å². The Labute approximate surface area is 93.0 Å². The van der Waals surface area contributed by atoms with Gasteiger partial charge in [0, 0.05) is 12.0 Å². The fourth-order valence-corrected chi connectivity index (χ4v) is 3.45. The minimum Gasteiger partial charge on any atom is -0.315 e. The van der Waals surface area contributed by atoms with Crippen molar-refractivity contribution in [2.75, 3.05) is 17.5 Å². The van der Waals surface area contributed by atoms with Gasteiger partial charge in [0.25, 0.3) is 0 Å². The first-order valence-corrected chi connectivity index (χ1v) is 6.59. The molecule has 2 saturated heterocycles. The summed E-state index contributed by atoms with van der Waals surface area (Å²) in [6.45, 7) is 2.07. The topological polar surface area (TPSA) is 29.1 Å². The van der Waals surface area contributed by atoms with Gasteiger partial charge in [0.15, 0.2) is 0 Å². The van der Waals surface area contributed by atoms with Gasteiger partial charge in [-0.2, -0.15) is 0 Å². The molecule has 3 rings (SSSR count). The minimum atomic E-state index is 0.0220. The van der Waals surface area contributed by atoms with E-state index in [-0.39, 0.29) is 5.41 Å². The van der Waals surface area contributed by atoms with Gasteiger partial charge in [-0.25, -0.2) is 0 Å². The standard InChI is InChI=1S/C10H16INO/c11-5-9(13)10-3-1-8(2-4-10)6-12-7-10/h8,12H,1-7H2. The predicted molar refractivity (Wildman–Crippen MR) is 61.2 cm³/mol. The van der Waals surface area contributed by atoms with E-state index in [1.54, 1.807) is 0 Å². The molecule has 74 valence electrons. The molecule has 2 nitrogen and oxygen atoms in total. The van der Waals surface area contributed by atoms with E-state index < -0.39 is 0 Å². The van der Waals surface area contributed by atoms with Gasteiger partial charge < -0.3 is 5.32 Å². The number of alkyl halides is 1. The SMILES string of the molecule is O=C(CI)C12CCC(CC1)CNC2. The summed E-state index contributed by atoms with van der Waals surface area (Å²) >= 11 is 2.20. The maximum Gasteiger partial charge on any atom is 0.149 e. The molecule has 2 bridgehead atoms. The number of ketones is 1. The number of fused-ring (bicyclic) bond motifs is 4. The van der Waals surface area contributed by atoms with Crippen molar-refractivity contribution in [1.82, 2.24) is 5.32 Å². The molecule has 3 heteroatoms. The lowest BCUT2D eigenvalue weighted by atomic mass is 9.70. The lowest BCUT2D eigenvalue weighted by molar-refractivity contribution is -0.127. The number of rotatable bonds is 2. The summed E-state index contributed by atoms with van der Waals surface area (Å²) in [6.07, 6.45) is 4.78. The van der Waals surface area contributed by atoms with Crippen LogP contribution in [0.1, 0.15) is 25.7 Å². The highest BCUT2D eigenvalue weighted by molar-refractivity contribution is 14.1. The molecule has 1 N–H and O–H groups in total. The van der Waals surface area contributed by atoms with Gasteiger partial charge in [0.1, 0.15) is 5.78 Å². The first-order valence-electron chi connectivity index (χ1n) is 5.07. The zero-order valence-electron chi connectivity index (χ0n) is 7.81. The fourth-order valence-electron chi connectivity index (χ4n) is 2.65. The molecule has 3 aliphatic rings. The van der Waals surface area contributed by atoms with E-state index in [9.17, 15) is 4.79 Å². The van der Waals surface area contributed by atoms with Crippen LogP contribution < -0.4 is 5.32 Å². The van der Waals surface area contributed by atoms with E-state index in [0.29, 0.717) is 10.2 Å². The number of carbonyl (C=O) groups excluding carboxylic acids is 1. The average molecular weight is 293 g/mol. The number of hydrogen-bond acceptors (Lipinski definition) is 2. The van der Waals surface area contributed by atoms with Gasteiger partial charge in [-0.05, 0) is 38.1 Å². The number of nitrogens with one attached hydrogen (secondary N) is 1. The minimum absolute atomic E-state index is 0.0220. The molecule has 0 aromatic carbocycles. The largest absolute Gasteiger partial charge is 0.315 e. The molecule has 2 heterocycles. The third-order valence-corrected chi connectivity index (χ3v) is 4.36. The van der Waals surface area contributed by atoms with Crippen molar-refractivity contribution in [2.45, 2.75) is 25.7 Å². The summed E-state index contributed by atoms with van der Waals surface area (Å²) in [7, 11) is 0. The predicted octanol–water partition coefficient (Wildman–Crippen LogP) is 1.77. The van der Waals surface area contributed by atoms with Crippen molar-refractivity contribution in [3.05, 3.63) is 0 Å². The van der Waals surface area contributed by atoms with E-state index in [1.807, 2.05) is 0 Å². The zero-order chi connectivity index (χ0) is 9.31. The van der Waals surface area contributed by atoms with Crippen molar-refractivity contribution >= 4 is 28.4 Å². The molecule has 0 atom stereocenters. The van der Waals surface area contributed by atoms with Crippen LogP contribution in [0.4, 0.5) is 0 Å². The van der Waals surface area contributed by atoms with Crippen molar-refractivity contribution in [3.8, 4) is 0 Å². The Morgan fingerprint density at radius 2 is 2.15 bits per heavy atom. The third-order valence-electron chi connectivity index (χ3n) is 3.67. The molecule has 0 aromatic rings. The molecule has 0 spiro atoms. The normalized spacial score (nSPS) is 38.7. The van der Waals surface area contributed by atoms with Gasteiger partial charge in [-0.1, -0.05) is 22.6 Å². The van der Waals surface area contributed by atoms with Crippen LogP contribution in [-0.2, 0) is 4.79 Å². The Morgan fingerprint density at radius 3 is 2.77 bits per heavy atom. The first kappa shape index (κ1) is 9.90. The molecule has 2 aliphatic heterocycles. The van der Waals surface area contributed by atoms with Crippen LogP contribution >= 0.6 is 22.6 Å². The maximum atomic E-state index is 11.8. The smallest absolute Gasteiger partial charge is 0.149 e. The van der Waals surface area contributed by atoms with Gasteiger partial charge in [0.2, 0.25) is 0 Å². The number of hydrogen-bond donors (Lipinski definition) is 1. The quantitative estimate of drug-likeness (QED) is 0.621. The molecular weight excluding hydrogens is 277 g/mol. The Morgan fingerprint density at radius 1 is 1.46 bits per heavy atom. The van der Waals surface area contributed by atoms with Crippen molar-refractivity contribution in [2.24, 2.45) is 11.3 Å². The molecule has 0 aromatic heterocycles. The van der Waals surface area contributed by atoms with Crippen LogP contribution in [0.25, 0.3) is 0 Å². The van der Waals surface area contributed by atoms with Gasteiger partial charge >= 0.3 is 0 Å². The molecule has 0 amide bonds. The molecule has 0 radical (unpaired) electrons. The van der Waals surface area contributed by atoms with Gasteiger partial charge in [0.05, 0.1) is 4.43 Å². The molecule has 13 heavy (non-hydrogen) atoms. The first-order chi connectivity index (χ1) is 6.27. The average Bonchev–Trinajstić information content (AvgIpc) is 2.50. The lowest BCUT2D eigenvalue weighted by Crippen LogP contribution is -2.40. The monoisotopic (exact) mass is 293 g/mol. The van der Waals surface area contributed by atoms with E-state index in [4.69, 9.17) is 0 Å². The highest BCUT2D eigenvalue weighted by Gasteiger charge is 2.42. The Balaban J connectivity index is 2.16. The van der Waals surface area contributed by atoms with E-state index in [0.717, 1.165) is 31.8 Å². The van der Waals surface area contributed by atoms with Crippen molar-refractivity contribution < 1.29 is 4.79 Å². The molecule has 1 aliphatic carbocycles. The second kappa shape index (κ2) is 3.85. The fraction of sp³-hybridized carbons (Fsp3) is 0.900. The van der Waals surface area contributed by atoms with Crippen LogP contribution in [0, 0.1) is 11.3 Å². The summed E-state index contributed by atoms with van der Waals surface area (Å²) in [5.74, 6) is 1.32. The Bertz CT molecular complexity index is 203. The van der Waals surface area contributed by atoms with Crippen molar-refractivity contribution in [3.63, 3.8) is 0 Å². The summed E-state index contributed by atoms with van der Waals surface area (Å²) in [5, 5.41) is 3.44. The molecule has 1 saturated carbocycles. The van der Waals surface area contributed by atoms with Crippen LogP contribution in [-0.4, -0.2) is 23.3 Å². The number of halogens is 1. The molecular formula is C10H16INO. The van der Waals surface area contributed by atoms with Crippen molar-refractivity contribution in [1.29, 1.82) is 0 Å².